The Kier molecular flexibility index (Phi) is 3.99. The van der Waals surface area contributed by atoms with Gasteiger partial charge in [0.15, 0.2) is 5.65 Å². The van der Waals surface area contributed by atoms with Gasteiger partial charge in [0.2, 0.25) is 0 Å². The van der Waals surface area contributed by atoms with Crippen LogP contribution >= 0.6 is 0 Å². The van der Waals surface area contributed by atoms with Gasteiger partial charge in [0.25, 0.3) is 11.5 Å². The van der Waals surface area contributed by atoms with Crippen molar-refractivity contribution in [1.82, 2.24) is 24.5 Å². The maximum Gasteiger partial charge on any atom is 0.274 e. The summed E-state index contributed by atoms with van der Waals surface area (Å²) in [4.78, 5) is 30.9. The van der Waals surface area contributed by atoms with Gasteiger partial charge in [-0.1, -0.05) is 0 Å². The molecule has 3 aromatic heterocycles. The van der Waals surface area contributed by atoms with E-state index in [2.05, 4.69) is 26.0 Å². The predicted octanol–water partition coefficient (Wildman–Crippen LogP) is 0.937. The minimum Gasteiger partial charge on any atom is -0.379 e. The summed E-state index contributed by atoms with van der Waals surface area (Å²) in [6.45, 7) is 0.737. The number of carbonyl (C=O) groups excluding carboxylic acids is 1. The number of fused-ring (bicyclic) bond motifs is 2. The topological polar surface area (TPSA) is 124 Å². The van der Waals surface area contributed by atoms with E-state index in [0.29, 0.717) is 40.4 Å². The molecule has 3 aromatic rings. The van der Waals surface area contributed by atoms with E-state index in [-0.39, 0.29) is 35.3 Å². The molecule has 1 unspecified atom stereocenters. The lowest BCUT2D eigenvalue weighted by atomic mass is 9.89. The molecule has 3 N–H and O–H groups in total. The average molecular weight is 463 g/mol. The Hall–Kier alpha value is -3.44. The molecular formula is C23H25N7O4. The van der Waals surface area contributed by atoms with E-state index < -0.39 is 0 Å². The third-order valence-corrected chi connectivity index (χ3v) is 8.01. The van der Waals surface area contributed by atoms with Crippen LogP contribution in [0.5, 0.6) is 0 Å². The SMILES string of the molecule is CNc1cc(Nc2cccn([C@]34C5OC[C@@H]3[C@H]54)c2=O)nc2c(C(=O)N[C@H]3CC[C@@H]3OC)cnn12. The average Bonchev–Trinajstić information content (AvgIpc) is 3.34. The monoisotopic (exact) mass is 463 g/mol. The lowest BCUT2D eigenvalue weighted by molar-refractivity contribution is 0.00732. The first-order valence-electron chi connectivity index (χ1n) is 11.6. The van der Waals surface area contributed by atoms with Gasteiger partial charge in [-0.05, 0) is 25.0 Å². The van der Waals surface area contributed by atoms with Crippen LogP contribution in [0.4, 0.5) is 17.3 Å². The van der Waals surface area contributed by atoms with Crippen molar-refractivity contribution >= 4 is 28.9 Å². The normalized spacial score (nSPS) is 32.1. The van der Waals surface area contributed by atoms with Crippen LogP contribution in [0.15, 0.2) is 35.4 Å². The molecule has 11 nitrogen and oxygen atoms in total. The van der Waals surface area contributed by atoms with Crippen LogP contribution in [0, 0.1) is 11.8 Å². The molecule has 2 aliphatic heterocycles. The number of amides is 1. The predicted molar refractivity (Wildman–Crippen MR) is 122 cm³/mol. The molecule has 3 aliphatic carbocycles. The van der Waals surface area contributed by atoms with Crippen LogP contribution in [0.1, 0.15) is 23.2 Å². The van der Waals surface area contributed by atoms with Gasteiger partial charge in [-0.3, -0.25) is 9.59 Å². The quantitative estimate of drug-likeness (QED) is 0.473. The molecule has 8 rings (SSSR count). The van der Waals surface area contributed by atoms with E-state index >= 15 is 0 Å². The Morgan fingerprint density at radius 1 is 1.35 bits per heavy atom. The zero-order chi connectivity index (χ0) is 23.2. The molecule has 1 amide bonds. The minimum absolute atomic E-state index is 0.0207. The summed E-state index contributed by atoms with van der Waals surface area (Å²) in [7, 11) is 3.42. The first-order chi connectivity index (χ1) is 16.6. The van der Waals surface area contributed by atoms with Gasteiger partial charge < -0.3 is 30.0 Å². The number of nitrogens with zero attached hydrogens (tertiary/aromatic N) is 4. The molecular weight excluding hydrogens is 438 g/mol. The second kappa shape index (κ2) is 6.80. The lowest BCUT2D eigenvalue weighted by Gasteiger charge is -2.35. The van der Waals surface area contributed by atoms with Crippen LogP contribution in [-0.4, -0.2) is 64.1 Å². The first kappa shape index (κ1) is 20.0. The Morgan fingerprint density at radius 3 is 2.91 bits per heavy atom. The van der Waals surface area contributed by atoms with Crippen LogP contribution in [-0.2, 0) is 15.0 Å². The number of ether oxygens (including phenoxy) is 2. The van der Waals surface area contributed by atoms with Crippen molar-refractivity contribution in [2.75, 3.05) is 31.4 Å². The van der Waals surface area contributed by atoms with Gasteiger partial charge in [0, 0.05) is 38.3 Å². The number of carbonyl (C=O) groups is 1. The van der Waals surface area contributed by atoms with Crippen molar-refractivity contribution in [3.8, 4) is 0 Å². The fraction of sp³-hybridized carbons (Fsp3) is 0.478. The molecule has 5 fully saturated rings. The summed E-state index contributed by atoms with van der Waals surface area (Å²) in [5.74, 6) is 1.76. The second-order valence-electron chi connectivity index (χ2n) is 9.50. The van der Waals surface area contributed by atoms with Crippen LogP contribution in [0.2, 0.25) is 0 Å². The summed E-state index contributed by atoms with van der Waals surface area (Å²) >= 11 is 0. The number of hydrogen-bond donors (Lipinski definition) is 3. The molecule has 176 valence electrons. The molecule has 2 saturated heterocycles. The number of anilines is 3. The molecule has 5 heterocycles. The maximum atomic E-state index is 13.3. The van der Waals surface area contributed by atoms with Crippen molar-refractivity contribution in [3.63, 3.8) is 0 Å². The molecule has 6 atom stereocenters. The van der Waals surface area contributed by atoms with Gasteiger partial charge in [0.05, 0.1) is 36.6 Å². The number of hydrogen-bond acceptors (Lipinski definition) is 8. The van der Waals surface area contributed by atoms with E-state index in [9.17, 15) is 9.59 Å². The van der Waals surface area contributed by atoms with Crippen molar-refractivity contribution in [1.29, 1.82) is 0 Å². The van der Waals surface area contributed by atoms with Crippen molar-refractivity contribution < 1.29 is 14.3 Å². The van der Waals surface area contributed by atoms with Gasteiger partial charge in [-0.2, -0.15) is 9.61 Å². The van der Waals surface area contributed by atoms with E-state index in [1.165, 1.54) is 6.20 Å². The molecule has 5 aliphatic rings. The van der Waals surface area contributed by atoms with E-state index in [4.69, 9.17) is 9.47 Å². The molecule has 0 radical (unpaired) electrons. The lowest BCUT2D eigenvalue weighted by Crippen LogP contribution is -2.51. The number of nitrogens with one attached hydrogen (secondary N) is 3. The Bertz CT molecular complexity index is 1370. The van der Waals surface area contributed by atoms with E-state index in [1.807, 2.05) is 16.8 Å². The largest absolute Gasteiger partial charge is 0.379 e. The fourth-order valence-corrected chi connectivity index (χ4v) is 5.91. The highest BCUT2D eigenvalue weighted by molar-refractivity contribution is 6.00. The zero-order valence-corrected chi connectivity index (χ0v) is 18.8. The molecule has 34 heavy (non-hydrogen) atoms. The summed E-state index contributed by atoms with van der Waals surface area (Å²) in [6, 6.07) is 5.35. The molecule has 0 spiro atoms. The van der Waals surface area contributed by atoms with Gasteiger partial charge in [-0.15, -0.1) is 0 Å². The summed E-state index contributed by atoms with van der Waals surface area (Å²) in [5, 5.41) is 13.6. The first-order valence-corrected chi connectivity index (χ1v) is 11.6. The van der Waals surface area contributed by atoms with Crippen molar-refractivity contribution in [2.45, 2.75) is 36.6 Å². The van der Waals surface area contributed by atoms with Crippen LogP contribution in [0.3, 0.4) is 0 Å². The number of rotatable bonds is 7. The third-order valence-electron chi connectivity index (χ3n) is 8.01. The summed E-state index contributed by atoms with van der Waals surface area (Å²) < 4.78 is 14.5. The number of aromatic nitrogens is 4. The van der Waals surface area contributed by atoms with Gasteiger partial charge in [0.1, 0.15) is 22.9 Å². The molecule has 0 aromatic carbocycles. The Morgan fingerprint density at radius 2 is 2.24 bits per heavy atom. The van der Waals surface area contributed by atoms with Gasteiger partial charge in [-0.25, -0.2) is 4.98 Å². The minimum atomic E-state index is -0.251. The Labute approximate surface area is 194 Å². The standard InChI is InChI=1S/C23H25N7O4/c1-24-17-8-16(26-14-4-3-7-29(22(14)32)23-12-10-34-19(23)18(12)23)28-20-11(9-25-30(17)20)21(31)27-13-5-6-15(13)33-2/h3-4,7-9,12-13,15,18-19,24H,5-6,10H2,1-2H3,(H,26,28)(H,27,31)/t12-,13+,15+,18-,19?,23-/m1/s1. The third kappa shape index (κ3) is 2.48. The highest BCUT2D eigenvalue weighted by Crippen LogP contribution is 2.82. The van der Waals surface area contributed by atoms with Crippen molar-refractivity contribution in [3.05, 3.63) is 46.5 Å². The molecule has 2 bridgehead atoms. The summed E-state index contributed by atoms with van der Waals surface area (Å²) in [6.07, 6.45) is 5.36. The molecule has 11 heteroatoms. The fourth-order valence-electron chi connectivity index (χ4n) is 5.91. The van der Waals surface area contributed by atoms with Gasteiger partial charge >= 0.3 is 0 Å². The Balaban J connectivity index is 1.21. The zero-order valence-electron chi connectivity index (χ0n) is 18.8. The molecule has 3 saturated carbocycles. The van der Waals surface area contributed by atoms with Crippen LogP contribution < -0.4 is 21.5 Å². The van der Waals surface area contributed by atoms with Crippen molar-refractivity contribution in [2.24, 2.45) is 11.8 Å². The van der Waals surface area contributed by atoms with Crippen LogP contribution in [0.25, 0.3) is 5.65 Å². The van der Waals surface area contributed by atoms with E-state index in [1.54, 1.807) is 30.8 Å². The summed E-state index contributed by atoms with van der Waals surface area (Å²) in [5.41, 5.74) is 0.943. The highest BCUT2D eigenvalue weighted by atomic mass is 16.5. The number of pyridine rings is 1. The maximum absolute atomic E-state index is 13.3. The smallest absolute Gasteiger partial charge is 0.274 e. The van der Waals surface area contributed by atoms with E-state index in [0.717, 1.165) is 19.4 Å². The highest BCUT2D eigenvalue weighted by Gasteiger charge is 2.93. The number of methoxy groups -OCH3 is 1. The second-order valence-corrected chi connectivity index (χ2v) is 9.50.